The number of nitrogens with two attached hydrogens (primary N) is 1. The van der Waals surface area contributed by atoms with Gasteiger partial charge in [0, 0.05) is 13.3 Å². The van der Waals surface area contributed by atoms with Gasteiger partial charge < -0.3 is 10.6 Å². The zero-order valence-electron chi connectivity index (χ0n) is 6.66. The standard InChI is InChI=1S/C7H13N3O/c1-11-6-7(2-3-7)9-4-5-10-8/h4-5H,2-3,6,8H2,1H3/b9-4?,10-5-. The molecule has 0 spiro atoms. The zero-order chi connectivity index (χ0) is 8.16. The second-order valence-electron chi connectivity index (χ2n) is 2.73. The minimum Gasteiger partial charge on any atom is -0.382 e. The lowest BCUT2D eigenvalue weighted by atomic mass is 10.3. The topological polar surface area (TPSA) is 60.0 Å². The first-order valence-electron chi connectivity index (χ1n) is 3.59. The molecule has 0 saturated heterocycles. The predicted octanol–water partition coefficient (Wildman–Crippen LogP) is 0.181. The monoisotopic (exact) mass is 155 g/mol. The maximum absolute atomic E-state index is 5.01. The van der Waals surface area contributed by atoms with Gasteiger partial charge in [0.25, 0.3) is 0 Å². The van der Waals surface area contributed by atoms with E-state index in [1.165, 1.54) is 6.21 Å². The molecule has 0 aromatic heterocycles. The van der Waals surface area contributed by atoms with E-state index >= 15 is 0 Å². The van der Waals surface area contributed by atoms with Gasteiger partial charge >= 0.3 is 0 Å². The Kier molecular flexibility index (Phi) is 2.59. The zero-order valence-corrected chi connectivity index (χ0v) is 6.66. The Hall–Kier alpha value is -0.900. The summed E-state index contributed by atoms with van der Waals surface area (Å²) in [5.74, 6) is 4.90. The van der Waals surface area contributed by atoms with Crippen molar-refractivity contribution >= 4 is 12.4 Å². The Morgan fingerprint density at radius 2 is 2.27 bits per heavy atom. The van der Waals surface area contributed by atoms with Gasteiger partial charge in [-0.05, 0) is 12.8 Å². The maximum Gasteiger partial charge on any atom is 0.0842 e. The fourth-order valence-electron chi connectivity index (χ4n) is 0.954. The Bertz CT molecular complexity index is 173. The number of hydrogen-bond donors (Lipinski definition) is 1. The molecule has 0 atom stereocenters. The van der Waals surface area contributed by atoms with Gasteiger partial charge in [-0.25, -0.2) is 0 Å². The van der Waals surface area contributed by atoms with E-state index in [1.807, 2.05) is 0 Å². The number of nitrogens with zero attached hydrogens (tertiary/aromatic N) is 2. The molecule has 0 aliphatic heterocycles. The van der Waals surface area contributed by atoms with Crippen LogP contribution in [0.15, 0.2) is 10.1 Å². The van der Waals surface area contributed by atoms with Crippen LogP contribution >= 0.6 is 0 Å². The SMILES string of the molecule is COCC1(N=C/C=N\N)CC1. The summed E-state index contributed by atoms with van der Waals surface area (Å²) in [5, 5.41) is 3.31. The number of hydrazone groups is 1. The average molecular weight is 155 g/mol. The van der Waals surface area contributed by atoms with Gasteiger partial charge in [0.15, 0.2) is 0 Å². The molecule has 0 aromatic carbocycles. The van der Waals surface area contributed by atoms with Crippen molar-refractivity contribution in [3.05, 3.63) is 0 Å². The van der Waals surface area contributed by atoms with Gasteiger partial charge in [-0.1, -0.05) is 0 Å². The highest BCUT2D eigenvalue weighted by atomic mass is 16.5. The van der Waals surface area contributed by atoms with E-state index < -0.39 is 0 Å². The molecule has 0 heterocycles. The largest absolute Gasteiger partial charge is 0.382 e. The molecule has 0 amide bonds. The highest BCUT2D eigenvalue weighted by molar-refractivity contribution is 6.16. The van der Waals surface area contributed by atoms with Crippen molar-refractivity contribution in [3.63, 3.8) is 0 Å². The van der Waals surface area contributed by atoms with Gasteiger partial charge in [0.2, 0.25) is 0 Å². The Labute approximate surface area is 66.1 Å². The van der Waals surface area contributed by atoms with Crippen molar-refractivity contribution in [2.24, 2.45) is 15.9 Å². The third-order valence-corrected chi connectivity index (χ3v) is 1.74. The van der Waals surface area contributed by atoms with Crippen molar-refractivity contribution in [1.82, 2.24) is 0 Å². The fraction of sp³-hybridized carbons (Fsp3) is 0.714. The van der Waals surface area contributed by atoms with Crippen LogP contribution in [-0.2, 0) is 4.74 Å². The van der Waals surface area contributed by atoms with Crippen LogP contribution in [0.5, 0.6) is 0 Å². The summed E-state index contributed by atoms with van der Waals surface area (Å²) < 4.78 is 5.01. The molecule has 0 aromatic rings. The molecule has 1 aliphatic carbocycles. The van der Waals surface area contributed by atoms with Crippen LogP contribution < -0.4 is 5.84 Å². The van der Waals surface area contributed by atoms with Gasteiger partial charge in [-0.2, -0.15) is 5.10 Å². The van der Waals surface area contributed by atoms with Gasteiger partial charge in [0.1, 0.15) is 0 Å². The van der Waals surface area contributed by atoms with Gasteiger partial charge in [0.05, 0.1) is 18.4 Å². The lowest BCUT2D eigenvalue weighted by molar-refractivity contribution is 0.174. The third kappa shape index (κ3) is 2.31. The Morgan fingerprint density at radius 1 is 1.55 bits per heavy atom. The van der Waals surface area contributed by atoms with Crippen molar-refractivity contribution in [1.29, 1.82) is 0 Å². The Balaban J connectivity index is 2.34. The molecular weight excluding hydrogens is 142 g/mol. The Morgan fingerprint density at radius 3 is 2.73 bits per heavy atom. The normalized spacial score (nSPS) is 21.5. The van der Waals surface area contributed by atoms with Crippen LogP contribution in [-0.4, -0.2) is 31.7 Å². The minimum atomic E-state index is 0.0515. The predicted molar refractivity (Wildman–Crippen MR) is 45.0 cm³/mol. The lowest BCUT2D eigenvalue weighted by Crippen LogP contribution is -2.13. The fourth-order valence-corrected chi connectivity index (χ4v) is 0.954. The molecule has 1 fully saturated rings. The summed E-state index contributed by atoms with van der Waals surface area (Å²) >= 11 is 0. The summed E-state index contributed by atoms with van der Waals surface area (Å²) in [7, 11) is 1.69. The molecule has 62 valence electrons. The quantitative estimate of drug-likeness (QED) is 0.357. The molecular formula is C7H13N3O. The van der Waals surface area contributed by atoms with Crippen molar-refractivity contribution in [2.75, 3.05) is 13.7 Å². The third-order valence-electron chi connectivity index (χ3n) is 1.74. The first-order chi connectivity index (χ1) is 5.33. The van der Waals surface area contributed by atoms with E-state index in [-0.39, 0.29) is 5.54 Å². The molecule has 4 heteroatoms. The van der Waals surface area contributed by atoms with E-state index in [2.05, 4.69) is 10.1 Å². The van der Waals surface area contributed by atoms with Crippen LogP contribution in [0.25, 0.3) is 0 Å². The first-order valence-corrected chi connectivity index (χ1v) is 3.59. The summed E-state index contributed by atoms with van der Waals surface area (Å²) in [6.07, 6.45) is 5.33. The smallest absolute Gasteiger partial charge is 0.0842 e. The second kappa shape index (κ2) is 3.48. The van der Waals surface area contributed by atoms with Crippen LogP contribution in [0.3, 0.4) is 0 Å². The van der Waals surface area contributed by atoms with E-state index in [4.69, 9.17) is 10.6 Å². The molecule has 0 bridgehead atoms. The molecule has 2 N–H and O–H groups in total. The van der Waals surface area contributed by atoms with Crippen molar-refractivity contribution in [2.45, 2.75) is 18.4 Å². The van der Waals surface area contributed by atoms with Crippen LogP contribution in [0.4, 0.5) is 0 Å². The molecule has 11 heavy (non-hydrogen) atoms. The second-order valence-corrected chi connectivity index (χ2v) is 2.73. The number of ether oxygens (including phenoxy) is 1. The van der Waals surface area contributed by atoms with Crippen LogP contribution in [0, 0.1) is 0 Å². The number of aliphatic imine (C=N–C) groups is 1. The summed E-state index contributed by atoms with van der Waals surface area (Å²) in [5.41, 5.74) is 0.0515. The minimum absolute atomic E-state index is 0.0515. The number of methoxy groups -OCH3 is 1. The summed E-state index contributed by atoms with van der Waals surface area (Å²) in [6, 6.07) is 0. The maximum atomic E-state index is 5.01. The molecule has 1 saturated carbocycles. The highest BCUT2D eigenvalue weighted by Crippen LogP contribution is 2.39. The van der Waals surface area contributed by atoms with Gasteiger partial charge in [-0.3, -0.25) is 4.99 Å². The summed E-state index contributed by atoms with van der Waals surface area (Å²) in [6.45, 7) is 0.696. The van der Waals surface area contributed by atoms with Gasteiger partial charge in [-0.15, -0.1) is 0 Å². The van der Waals surface area contributed by atoms with Crippen molar-refractivity contribution in [3.8, 4) is 0 Å². The van der Waals surface area contributed by atoms with Crippen LogP contribution in [0.1, 0.15) is 12.8 Å². The number of hydrogen-bond acceptors (Lipinski definition) is 4. The molecule has 1 rings (SSSR count). The van der Waals surface area contributed by atoms with E-state index in [0.717, 1.165) is 12.8 Å². The molecule has 4 nitrogen and oxygen atoms in total. The van der Waals surface area contributed by atoms with E-state index in [0.29, 0.717) is 6.61 Å². The highest BCUT2D eigenvalue weighted by Gasteiger charge is 2.41. The van der Waals surface area contributed by atoms with E-state index in [1.54, 1.807) is 13.3 Å². The first kappa shape index (κ1) is 8.20. The molecule has 1 aliphatic rings. The van der Waals surface area contributed by atoms with E-state index in [9.17, 15) is 0 Å². The average Bonchev–Trinajstić information content (AvgIpc) is 2.71. The van der Waals surface area contributed by atoms with Crippen molar-refractivity contribution < 1.29 is 4.74 Å². The molecule has 0 radical (unpaired) electrons. The number of rotatable bonds is 4. The molecule has 0 unspecified atom stereocenters. The lowest BCUT2D eigenvalue weighted by Gasteiger charge is -2.05. The summed E-state index contributed by atoms with van der Waals surface area (Å²) in [4.78, 5) is 4.27. The van der Waals surface area contributed by atoms with Crippen LogP contribution in [0.2, 0.25) is 0 Å².